The molecule has 0 bridgehead atoms. The second-order valence-electron chi connectivity index (χ2n) is 5.55. The van der Waals surface area contributed by atoms with Crippen LogP contribution in [0.2, 0.25) is 5.02 Å². The summed E-state index contributed by atoms with van der Waals surface area (Å²) in [5, 5.41) is 2.98. The molecule has 3 nitrogen and oxygen atoms in total. The molecule has 2 heterocycles. The lowest BCUT2D eigenvalue weighted by Gasteiger charge is -2.06. The van der Waals surface area contributed by atoms with Crippen LogP contribution in [0.15, 0.2) is 48.7 Å². The molecule has 0 atom stereocenters. The Bertz CT molecular complexity index is 1020. The molecular formula is C19H15ClN2O. The van der Waals surface area contributed by atoms with Gasteiger partial charge in [-0.3, -0.25) is 4.98 Å². The van der Waals surface area contributed by atoms with E-state index in [0.29, 0.717) is 0 Å². The summed E-state index contributed by atoms with van der Waals surface area (Å²) in [6, 6.07) is 14.0. The van der Waals surface area contributed by atoms with Crippen LogP contribution in [0, 0.1) is 6.92 Å². The van der Waals surface area contributed by atoms with Gasteiger partial charge >= 0.3 is 0 Å². The molecule has 0 saturated heterocycles. The van der Waals surface area contributed by atoms with Crippen LogP contribution < -0.4 is 4.74 Å². The highest BCUT2D eigenvalue weighted by Gasteiger charge is 2.13. The first-order chi connectivity index (χ1) is 11.2. The van der Waals surface area contributed by atoms with Crippen LogP contribution in [0.4, 0.5) is 0 Å². The van der Waals surface area contributed by atoms with Crippen LogP contribution in [0.3, 0.4) is 0 Å². The molecule has 2 aromatic heterocycles. The van der Waals surface area contributed by atoms with Gasteiger partial charge in [-0.25, -0.2) is 0 Å². The molecule has 0 aliphatic carbocycles. The van der Waals surface area contributed by atoms with Crippen molar-refractivity contribution in [1.82, 2.24) is 9.97 Å². The molecule has 1 N–H and O–H groups in total. The molecule has 0 radical (unpaired) electrons. The third kappa shape index (κ3) is 2.25. The SMILES string of the molecule is COc1ccc(-c2cc(Cl)cc3c2[nH]c2c(C)nccc23)cc1. The Balaban J connectivity index is 2.05. The number of nitrogens with one attached hydrogen (secondary N) is 1. The van der Waals surface area contributed by atoms with E-state index < -0.39 is 0 Å². The Hall–Kier alpha value is -2.52. The first-order valence-corrected chi connectivity index (χ1v) is 7.76. The lowest BCUT2D eigenvalue weighted by Crippen LogP contribution is -1.84. The van der Waals surface area contributed by atoms with Gasteiger partial charge in [0.2, 0.25) is 0 Å². The highest BCUT2D eigenvalue weighted by Crippen LogP contribution is 2.36. The maximum absolute atomic E-state index is 6.38. The molecule has 0 saturated carbocycles. The van der Waals surface area contributed by atoms with E-state index in [0.717, 1.165) is 49.4 Å². The van der Waals surface area contributed by atoms with Crippen molar-refractivity contribution in [3.8, 4) is 16.9 Å². The maximum atomic E-state index is 6.38. The second-order valence-corrected chi connectivity index (χ2v) is 5.98. The van der Waals surface area contributed by atoms with Gasteiger partial charge < -0.3 is 9.72 Å². The molecule has 0 amide bonds. The Morgan fingerprint density at radius 3 is 2.52 bits per heavy atom. The number of halogens is 1. The van der Waals surface area contributed by atoms with Gasteiger partial charge in [0.15, 0.2) is 0 Å². The minimum absolute atomic E-state index is 0.721. The number of benzene rings is 2. The minimum Gasteiger partial charge on any atom is -0.497 e. The number of hydrogen-bond acceptors (Lipinski definition) is 2. The van der Waals surface area contributed by atoms with E-state index in [2.05, 4.69) is 9.97 Å². The fraction of sp³-hybridized carbons (Fsp3) is 0.105. The smallest absolute Gasteiger partial charge is 0.118 e. The third-order valence-electron chi connectivity index (χ3n) is 4.18. The Labute approximate surface area is 138 Å². The maximum Gasteiger partial charge on any atom is 0.118 e. The molecule has 4 rings (SSSR count). The zero-order chi connectivity index (χ0) is 16.0. The number of nitrogens with zero attached hydrogens (tertiary/aromatic N) is 1. The van der Waals surface area contributed by atoms with Crippen molar-refractivity contribution in [2.24, 2.45) is 0 Å². The van der Waals surface area contributed by atoms with Crippen molar-refractivity contribution < 1.29 is 4.74 Å². The normalized spacial score (nSPS) is 11.3. The summed E-state index contributed by atoms with van der Waals surface area (Å²) >= 11 is 6.38. The second kappa shape index (κ2) is 5.28. The van der Waals surface area contributed by atoms with Crippen molar-refractivity contribution >= 4 is 33.4 Å². The summed E-state index contributed by atoms with van der Waals surface area (Å²) < 4.78 is 5.24. The molecule has 0 spiro atoms. The summed E-state index contributed by atoms with van der Waals surface area (Å²) in [6.07, 6.45) is 1.83. The minimum atomic E-state index is 0.721. The predicted molar refractivity (Wildman–Crippen MR) is 95.3 cm³/mol. The third-order valence-corrected chi connectivity index (χ3v) is 4.40. The summed E-state index contributed by atoms with van der Waals surface area (Å²) in [5.74, 6) is 0.837. The molecule has 0 fully saturated rings. The number of rotatable bonds is 2. The van der Waals surface area contributed by atoms with Gasteiger partial charge in [-0.1, -0.05) is 23.7 Å². The highest BCUT2D eigenvalue weighted by molar-refractivity contribution is 6.32. The van der Waals surface area contributed by atoms with Crippen LogP contribution in [-0.4, -0.2) is 17.1 Å². The molecule has 2 aromatic carbocycles. The van der Waals surface area contributed by atoms with Crippen LogP contribution in [-0.2, 0) is 0 Å². The van der Waals surface area contributed by atoms with Crippen molar-refractivity contribution in [3.63, 3.8) is 0 Å². The zero-order valence-electron chi connectivity index (χ0n) is 12.9. The van der Waals surface area contributed by atoms with Crippen LogP contribution >= 0.6 is 11.6 Å². The van der Waals surface area contributed by atoms with Gasteiger partial charge in [0.05, 0.1) is 23.8 Å². The lowest BCUT2D eigenvalue weighted by molar-refractivity contribution is 0.415. The van der Waals surface area contributed by atoms with Crippen molar-refractivity contribution in [2.45, 2.75) is 6.92 Å². The van der Waals surface area contributed by atoms with Crippen molar-refractivity contribution in [2.75, 3.05) is 7.11 Å². The molecule has 0 unspecified atom stereocenters. The van der Waals surface area contributed by atoms with E-state index in [1.54, 1.807) is 7.11 Å². The van der Waals surface area contributed by atoms with Crippen molar-refractivity contribution in [1.29, 1.82) is 0 Å². The number of aryl methyl sites for hydroxylation is 1. The molecule has 0 aliphatic heterocycles. The van der Waals surface area contributed by atoms with E-state index in [4.69, 9.17) is 16.3 Å². The zero-order valence-corrected chi connectivity index (χ0v) is 13.6. The van der Waals surface area contributed by atoms with Crippen LogP contribution in [0.1, 0.15) is 5.69 Å². The van der Waals surface area contributed by atoms with Gasteiger partial charge in [-0.15, -0.1) is 0 Å². The molecule has 114 valence electrons. The standard InChI is InChI=1S/C19H15ClN2O/c1-11-18-15(7-8-21-11)17-10-13(20)9-16(19(17)22-18)12-3-5-14(23-2)6-4-12/h3-10,22H,1-2H3. The van der Waals surface area contributed by atoms with E-state index >= 15 is 0 Å². The number of aromatic nitrogens is 2. The summed E-state index contributed by atoms with van der Waals surface area (Å²) in [5.41, 5.74) is 5.28. The summed E-state index contributed by atoms with van der Waals surface area (Å²) in [4.78, 5) is 7.89. The number of ether oxygens (including phenoxy) is 1. The van der Waals surface area contributed by atoms with Gasteiger partial charge in [-0.05, 0) is 42.8 Å². The molecule has 4 heteroatoms. The van der Waals surface area contributed by atoms with E-state index in [9.17, 15) is 0 Å². The number of pyridine rings is 1. The first-order valence-electron chi connectivity index (χ1n) is 7.38. The Morgan fingerprint density at radius 1 is 1.00 bits per heavy atom. The number of fused-ring (bicyclic) bond motifs is 3. The lowest BCUT2D eigenvalue weighted by atomic mass is 10.0. The predicted octanol–water partition coefficient (Wildman–Crippen LogP) is 5.35. The van der Waals surface area contributed by atoms with E-state index in [1.165, 1.54) is 0 Å². The molecule has 0 aliphatic rings. The van der Waals surface area contributed by atoms with Gasteiger partial charge in [0.25, 0.3) is 0 Å². The fourth-order valence-corrected chi connectivity index (χ4v) is 3.24. The number of aromatic amines is 1. The average Bonchev–Trinajstić information content (AvgIpc) is 2.94. The first kappa shape index (κ1) is 14.1. The van der Waals surface area contributed by atoms with E-state index in [1.807, 2.05) is 55.6 Å². The molecular weight excluding hydrogens is 308 g/mol. The quantitative estimate of drug-likeness (QED) is 0.540. The van der Waals surface area contributed by atoms with Gasteiger partial charge in [-0.2, -0.15) is 0 Å². The van der Waals surface area contributed by atoms with Gasteiger partial charge in [0.1, 0.15) is 5.75 Å². The monoisotopic (exact) mass is 322 g/mol. The van der Waals surface area contributed by atoms with Crippen LogP contribution in [0.25, 0.3) is 32.9 Å². The topological polar surface area (TPSA) is 37.9 Å². The largest absolute Gasteiger partial charge is 0.497 e. The molecule has 23 heavy (non-hydrogen) atoms. The van der Waals surface area contributed by atoms with Crippen molar-refractivity contribution in [3.05, 3.63) is 59.4 Å². The fourth-order valence-electron chi connectivity index (χ4n) is 3.03. The summed E-state index contributed by atoms with van der Waals surface area (Å²) in [7, 11) is 1.67. The Morgan fingerprint density at radius 2 is 1.78 bits per heavy atom. The van der Waals surface area contributed by atoms with Crippen LogP contribution in [0.5, 0.6) is 5.75 Å². The average molecular weight is 323 g/mol. The summed E-state index contributed by atoms with van der Waals surface area (Å²) in [6.45, 7) is 2.01. The highest BCUT2D eigenvalue weighted by atomic mass is 35.5. The van der Waals surface area contributed by atoms with E-state index in [-0.39, 0.29) is 0 Å². The Kier molecular flexibility index (Phi) is 3.24. The van der Waals surface area contributed by atoms with Gasteiger partial charge in [0, 0.05) is 27.6 Å². The number of hydrogen-bond donors (Lipinski definition) is 1. The number of methoxy groups -OCH3 is 1. The molecule has 4 aromatic rings. The number of H-pyrrole nitrogens is 1.